The summed E-state index contributed by atoms with van der Waals surface area (Å²) >= 11 is 0. The number of H-pyrrole nitrogens is 1. The molecular weight excluding hydrogens is 256 g/mol. The first-order valence-electron chi connectivity index (χ1n) is 5.49. The van der Waals surface area contributed by atoms with Gasteiger partial charge in [-0.25, -0.2) is 8.78 Å². The average molecular weight is 267 g/mol. The number of hydrogen-bond acceptors (Lipinski definition) is 4. The van der Waals surface area contributed by atoms with Crippen molar-refractivity contribution in [3.05, 3.63) is 40.7 Å². The van der Waals surface area contributed by atoms with E-state index in [-0.39, 0.29) is 11.4 Å². The fourth-order valence-electron chi connectivity index (χ4n) is 1.55. The second kappa shape index (κ2) is 5.09. The first kappa shape index (κ1) is 13.1. The van der Waals surface area contributed by atoms with Crippen molar-refractivity contribution in [3.63, 3.8) is 0 Å². The van der Waals surface area contributed by atoms with Crippen LogP contribution in [0.4, 0.5) is 8.78 Å². The lowest BCUT2D eigenvalue weighted by molar-refractivity contribution is 0.0929. The van der Waals surface area contributed by atoms with Crippen LogP contribution in [-0.4, -0.2) is 26.5 Å². The Labute approximate surface area is 107 Å². The normalized spacial score (nSPS) is 12.2. The quantitative estimate of drug-likeness (QED) is 0.877. The van der Waals surface area contributed by atoms with E-state index in [4.69, 9.17) is 0 Å². The number of rotatable bonds is 3. The van der Waals surface area contributed by atoms with Crippen LogP contribution in [-0.2, 0) is 0 Å². The highest BCUT2D eigenvalue weighted by atomic mass is 19.1. The second-order valence-electron chi connectivity index (χ2n) is 4.02. The van der Waals surface area contributed by atoms with Gasteiger partial charge >= 0.3 is 0 Å². The van der Waals surface area contributed by atoms with Gasteiger partial charge in [0.25, 0.3) is 5.91 Å². The molecule has 8 heteroatoms. The molecule has 0 radical (unpaired) electrons. The molecule has 0 saturated heterocycles. The van der Waals surface area contributed by atoms with Gasteiger partial charge in [0.05, 0.1) is 6.04 Å². The van der Waals surface area contributed by atoms with Crippen molar-refractivity contribution < 1.29 is 13.6 Å². The van der Waals surface area contributed by atoms with Crippen LogP contribution in [0.2, 0.25) is 0 Å². The maximum absolute atomic E-state index is 13.8. The zero-order chi connectivity index (χ0) is 14.0. The maximum Gasteiger partial charge on any atom is 0.257 e. The molecule has 0 aliphatic carbocycles. The van der Waals surface area contributed by atoms with Gasteiger partial charge < -0.3 is 5.32 Å². The Morgan fingerprint density at radius 2 is 2.16 bits per heavy atom. The molecule has 1 aromatic carbocycles. The van der Waals surface area contributed by atoms with Gasteiger partial charge in [-0.15, -0.1) is 10.2 Å². The van der Waals surface area contributed by atoms with Crippen molar-refractivity contribution in [1.82, 2.24) is 25.9 Å². The predicted molar refractivity (Wildman–Crippen MR) is 61.2 cm³/mol. The van der Waals surface area contributed by atoms with E-state index in [1.165, 1.54) is 13.0 Å². The van der Waals surface area contributed by atoms with Gasteiger partial charge in [-0.1, -0.05) is 11.3 Å². The molecule has 1 aromatic heterocycles. The van der Waals surface area contributed by atoms with Crippen LogP contribution in [0.3, 0.4) is 0 Å². The number of aromatic amines is 1. The van der Waals surface area contributed by atoms with E-state index in [0.717, 1.165) is 6.07 Å². The second-order valence-corrected chi connectivity index (χ2v) is 4.02. The number of hydrogen-bond donors (Lipinski definition) is 2. The summed E-state index contributed by atoms with van der Waals surface area (Å²) in [6, 6.07) is 1.70. The minimum absolute atomic E-state index is 0.193. The molecule has 100 valence electrons. The fraction of sp³-hybridized carbons (Fsp3) is 0.273. The summed E-state index contributed by atoms with van der Waals surface area (Å²) in [6.45, 7) is 3.03. The first-order valence-corrected chi connectivity index (χ1v) is 5.49. The summed E-state index contributed by atoms with van der Waals surface area (Å²) < 4.78 is 27.3. The molecule has 0 aliphatic rings. The number of benzene rings is 1. The Hall–Kier alpha value is -2.38. The van der Waals surface area contributed by atoms with Crippen LogP contribution in [0.15, 0.2) is 12.1 Å². The summed E-state index contributed by atoms with van der Waals surface area (Å²) in [6.07, 6.45) is 0. The van der Waals surface area contributed by atoms with E-state index < -0.39 is 29.1 Å². The summed E-state index contributed by atoms with van der Waals surface area (Å²) in [5, 5.41) is 15.3. The predicted octanol–water partition coefficient (Wildman–Crippen LogP) is 1.28. The Morgan fingerprint density at radius 3 is 2.79 bits per heavy atom. The summed E-state index contributed by atoms with van der Waals surface area (Å²) in [5.41, 5.74) is -0.422. The molecule has 1 amide bonds. The van der Waals surface area contributed by atoms with Crippen molar-refractivity contribution in [2.75, 3.05) is 0 Å². The van der Waals surface area contributed by atoms with E-state index in [1.807, 2.05) is 0 Å². The minimum atomic E-state index is -0.916. The number of amides is 1. The molecule has 2 aromatic rings. The number of carbonyl (C=O) groups excluding carboxylic acids is 1. The van der Waals surface area contributed by atoms with E-state index in [0.29, 0.717) is 0 Å². The molecule has 2 rings (SSSR count). The SMILES string of the molecule is Cc1ccc(F)c(C(=O)NC(C)c2nn[nH]n2)c1F. The van der Waals surface area contributed by atoms with Gasteiger partial charge in [0.2, 0.25) is 0 Å². The smallest absolute Gasteiger partial charge is 0.257 e. The highest BCUT2D eigenvalue weighted by Crippen LogP contribution is 2.17. The molecule has 1 heterocycles. The molecule has 0 aliphatic heterocycles. The zero-order valence-corrected chi connectivity index (χ0v) is 10.2. The molecule has 6 nitrogen and oxygen atoms in total. The van der Waals surface area contributed by atoms with Crippen LogP contribution >= 0.6 is 0 Å². The van der Waals surface area contributed by atoms with E-state index in [9.17, 15) is 13.6 Å². The lowest BCUT2D eigenvalue weighted by Gasteiger charge is -2.11. The van der Waals surface area contributed by atoms with Crippen LogP contribution in [0.5, 0.6) is 0 Å². The number of halogens is 2. The molecule has 0 fully saturated rings. The van der Waals surface area contributed by atoms with Crippen LogP contribution in [0.25, 0.3) is 0 Å². The van der Waals surface area contributed by atoms with E-state index >= 15 is 0 Å². The first-order chi connectivity index (χ1) is 9.00. The number of aromatic nitrogens is 4. The Balaban J connectivity index is 2.23. The van der Waals surface area contributed by atoms with Crippen LogP contribution < -0.4 is 5.32 Å². The fourth-order valence-corrected chi connectivity index (χ4v) is 1.55. The highest BCUT2D eigenvalue weighted by molar-refractivity contribution is 5.95. The molecule has 0 saturated carbocycles. The number of aryl methyl sites for hydroxylation is 1. The van der Waals surface area contributed by atoms with Gasteiger partial charge in [-0.2, -0.15) is 5.21 Å². The average Bonchev–Trinajstić information content (AvgIpc) is 2.88. The topological polar surface area (TPSA) is 83.6 Å². The molecule has 0 spiro atoms. The monoisotopic (exact) mass is 267 g/mol. The Morgan fingerprint density at radius 1 is 1.42 bits per heavy atom. The number of carbonyl (C=O) groups is 1. The van der Waals surface area contributed by atoms with Gasteiger partial charge in [-0.05, 0) is 25.5 Å². The number of nitrogens with one attached hydrogen (secondary N) is 2. The third kappa shape index (κ3) is 2.56. The summed E-state index contributed by atoms with van der Waals surface area (Å²) in [4.78, 5) is 11.9. The van der Waals surface area contributed by atoms with Gasteiger partial charge in [0, 0.05) is 0 Å². The third-order valence-corrected chi connectivity index (χ3v) is 2.61. The summed E-state index contributed by atoms with van der Waals surface area (Å²) in [7, 11) is 0. The molecule has 2 N–H and O–H groups in total. The van der Waals surface area contributed by atoms with E-state index in [1.54, 1.807) is 6.92 Å². The molecular formula is C11H11F2N5O. The summed E-state index contributed by atoms with van der Waals surface area (Å²) in [5.74, 6) is -2.43. The zero-order valence-electron chi connectivity index (χ0n) is 10.2. The van der Waals surface area contributed by atoms with Crippen LogP contribution in [0, 0.1) is 18.6 Å². The van der Waals surface area contributed by atoms with Crippen molar-refractivity contribution >= 4 is 5.91 Å². The van der Waals surface area contributed by atoms with Crippen molar-refractivity contribution in [2.45, 2.75) is 19.9 Å². The lowest BCUT2D eigenvalue weighted by atomic mass is 10.1. The number of tetrazole rings is 1. The van der Waals surface area contributed by atoms with Crippen molar-refractivity contribution in [2.24, 2.45) is 0 Å². The molecule has 1 atom stereocenters. The Kier molecular flexibility index (Phi) is 3.50. The van der Waals surface area contributed by atoms with Gasteiger partial charge in [0.1, 0.15) is 17.2 Å². The standard InChI is InChI=1S/C11H11F2N5O/c1-5-3-4-7(12)8(9(5)13)11(19)14-6(2)10-15-17-18-16-10/h3-4,6H,1-2H3,(H,14,19)(H,15,16,17,18). The number of nitrogens with zero attached hydrogens (tertiary/aromatic N) is 3. The van der Waals surface area contributed by atoms with Crippen molar-refractivity contribution in [1.29, 1.82) is 0 Å². The third-order valence-electron chi connectivity index (χ3n) is 2.61. The minimum Gasteiger partial charge on any atom is -0.342 e. The van der Waals surface area contributed by atoms with Crippen molar-refractivity contribution in [3.8, 4) is 0 Å². The highest BCUT2D eigenvalue weighted by Gasteiger charge is 2.22. The maximum atomic E-state index is 13.8. The van der Waals surface area contributed by atoms with E-state index in [2.05, 4.69) is 25.9 Å². The lowest BCUT2D eigenvalue weighted by Crippen LogP contribution is -2.29. The van der Waals surface area contributed by atoms with Crippen LogP contribution in [0.1, 0.15) is 34.7 Å². The molecule has 1 unspecified atom stereocenters. The van der Waals surface area contributed by atoms with Gasteiger partial charge in [0.15, 0.2) is 5.82 Å². The molecule has 19 heavy (non-hydrogen) atoms. The Bertz CT molecular complexity index is 599. The van der Waals surface area contributed by atoms with Gasteiger partial charge in [-0.3, -0.25) is 4.79 Å². The largest absolute Gasteiger partial charge is 0.342 e. The molecule has 0 bridgehead atoms.